The molecule has 4 rings (SSSR count). The van der Waals surface area contributed by atoms with E-state index in [1.165, 1.54) is 0 Å². The number of fused-ring (bicyclic) bond motifs is 1. The van der Waals surface area contributed by atoms with Crippen LogP contribution in [0.1, 0.15) is 28.8 Å². The predicted molar refractivity (Wildman–Crippen MR) is 99.7 cm³/mol. The van der Waals surface area contributed by atoms with Crippen molar-refractivity contribution in [3.05, 3.63) is 72.2 Å². The fraction of sp³-hybridized carbons (Fsp3) is 0.286. The molecule has 1 fully saturated rings. The van der Waals surface area contributed by atoms with Crippen LogP contribution < -0.4 is 0 Å². The third-order valence-corrected chi connectivity index (χ3v) is 4.71. The summed E-state index contributed by atoms with van der Waals surface area (Å²) in [6.07, 6.45) is 7.21. The minimum absolute atomic E-state index is 0.0259. The Labute approximate surface area is 152 Å². The second kappa shape index (κ2) is 7.62. The van der Waals surface area contributed by atoms with Crippen molar-refractivity contribution in [3.8, 4) is 0 Å². The number of hydrogen-bond acceptors (Lipinski definition) is 4. The lowest BCUT2D eigenvalue weighted by Crippen LogP contribution is -2.43. The lowest BCUT2D eigenvalue weighted by Gasteiger charge is -2.32. The van der Waals surface area contributed by atoms with Crippen LogP contribution in [0.25, 0.3) is 10.9 Å². The lowest BCUT2D eigenvalue weighted by molar-refractivity contribution is -0.00681. The second-order valence-electron chi connectivity index (χ2n) is 6.60. The number of carbonyl (C=O) groups is 1. The van der Waals surface area contributed by atoms with E-state index in [1.54, 1.807) is 12.4 Å². The standard InChI is InChI=1S/C21H21N3O2/c25-21(18-11-17-6-1-2-8-20(17)23-13-18)24-10-4-7-19(14-24)26-15-16-5-3-9-22-12-16/h1-3,5-6,8-9,11-13,19H,4,7,10,14-15H2. The van der Waals surface area contributed by atoms with Crippen molar-refractivity contribution in [1.82, 2.24) is 14.9 Å². The van der Waals surface area contributed by atoms with Crippen LogP contribution in [0.4, 0.5) is 0 Å². The number of pyridine rings is 2. The monoisotopic (exact) mass is 347 g/mol. The number of likely N-dealkylation sites (tertiary alicyclic amines) is 1. The molecule has 132 valence electrons. The molecule has 1 aliphatic heterocycles. The number of carbonyl (C=O) groups excluding carboxylic acids is 1. The van der Waals surface area contributed by atoms with E-state index >= 15 is 0 Å². The van der Waals surface area contributed by atoms with Crippen molar-refractivity contribution >= 4 is 16.8 Å². The molecule has 0 bridgehead atoms. The molecule has 5 nitrogen and oxygen atoms in total. The smallest absolute Gasteiger partial charge is 0.255 e. The summed E-state index contributed by atoms with van der Waals surface area (Å²) in [7, 11) is 0. The fourth-order valence-electron chi connectivity index (χ4n) is 3.33. The van der Waals surface area contributed by atoms with E-state index in [0.717, 1.165) is 35.9 Å². The Morgan fingerprint density at radius 1 is 1.19 bits per heavy atom. The molecule has 1 unspecified atom stereocenters. The number of amides is 1. The molecule has 1 aromatic carbocycles. The number of rotatable bonds is 4. The molecule has 2 aromatic heterocycles. The summed E-state index contributed by atoms with van der Waals surface area (Å²) >= 11 is 0. The van der Waals surface area contributed by atoms with E-state index in [9.17, 15) is 4.79 Å². The summed E-state index contributed by atoms with van der Waals surface area (Å²) in [6.45, 7) is 1.91. The Morgan fingerprint density at radius 2 is 2.12 bits per heavy atom. The molecule has 1 atom stereocenters. The largest absolute Gasteiger partial charge is 0.372 e. The van der Waals surface area contributed by atoms with Crippen molar-refractivity contribution in [2.45, 2.75) is 25.6 Å². The number of nitrogens with zero attached hydrogens (tertiary/aromatic N) is 3. The van der Waals surface area contributed by atoms with E-state index in [1.807, 2.05) is 53.6 Å². The van der Waals surface area contributed by atoms with Gasteiger partial charge in [-0.1, -0.05) is 24.3 Å². The van der Waals surface area contributed by atoms with Crippen LogP contribution in [0, 0.1) is 0 Å². The number of para-hydroxylation sites is 1. The zero-order valence-corrected chi connectivity index (χ0v) is 14.5. The topological polar surface area (TPSA) is 55.3 Å². The van der Waals surface area contributed by atoms with Gasteiger partial charge in [0.25, 0.3) is 5.91 Å². The Bertz CT molecular complexity index is 898. The number of ether oxygens (including phenoxy) is 1. The molecule has 0 spiro atoms. The molecule has 26 heavy (non-hydrogen) atoms. The van der Waals surface area contributed by atoms with Gasteiger partial charge in [-0.3, -0.25) is 14.8 Å². The minimum Gasteiger partial charge on any atom is -0.372 e. The third-order valence-electron chi connectivity index (χ3n) is 4.71. The van der Waals surface area contributed by atoms with E-state index in [0.29, 0.717) is 18.7 Å². The van der Waals surface area contributed by atoms with Crippen molar-refractivity contribution < 1.29 is 9.53 Å². The van der Waals surface area contributed by atoms with Crippen LogP contribution in [0.2, 0.25) is 0 Å². The van der Waals surface area contributed by atoms with Gasteiger partial charge in [-0.25, -0.2) is 0 Å². The van der Waals surface area contributed by atoms with Crippen LogP contribution in [0.5, 0.6) is 0 Å². The van der Waals surface area contributed by atoms with Gasteiger partial charge < -0.3 is 9.64 Å². The summed E-state index contributed by atoms with van der Waals surface area (Å²) in [4.78, 5) is 23.3. The van der Waals surface area contributed by atoms with Gasteiger partial charge in [-0.2, -0.15) is 0 Å². The highest BCUT2D eigenvalue weighted by Crippen LogP contribution is 2.19. The summed E-state index contributed by atoms with van der Waals surface area (Å²) in [5, 5.41) is 0.986. The molecule has 0 N–H and O–H groups in total. The van der Waals surface area contributed by atoms with Crippen LogP contribution in [-0.4, -0.2) is 40.0 Å². The number of piperidine rings is 1. The van der Waals surface area contributed by atoms with Crippen LogP contribution in [0.15, 0.2) is 61.1 Å². The van der Waals surface area contributed by atoms with Crippen molar-refractivity contribution in [2.75, 3.05) is 13.1 Å². The molecule has 1 amide bonds. The Morgan fingerprint density at radius 3 is 3.00 bits per heavy atom. The first-order valence-corrected chi connectivity index (χ1v) is 8.94. The second-order valence-corrected chi connectivity index (χ2v) is 6.60. The predicted octanol–water partition coefficient (Wildman–Crippen LogP) is 3.45. The summed E-state index contributed by atoms with van der Waals surface area (Å²) in [5.74, 6) is 0.0259. The third kappa shape index (κ3) is 3.73. The molecule has 1 aliphatic rings. The Hall–Kier alpha value is -2.79. The molecule has 1 saturated heterocycles. The van der Waals surface area contributed by atoms with Gasteiger partial charge in [-0.05, 0) is 36.6 Å². The van der Waals surface area contributed by atoms with Crippen LogP contribution >= 0.6 is 0 Å². The normalized spacial score (nSPS) is 17.4. The zero-order chi connectivity index (χ0) is 17.8. The molecular weight excluding hydrogens is 326 g/mol. The maximum absolute atomic E-state index is 12.9. The molecule has 0 radical (unpaired) electrons. The van der Waals surface area contributed by atoms with Gasteiger partial charge in [0.1, 0.15) is 0 Å². The SMILES string of the molecule is O=C(c1cnc2ccccc2c1)N1CCCC(OCc2cccnc2)C1. The number of hydrogen-bond donors (Lipinski definition) is 0. The van der Waals surface area contributed by atoms with Crippen molar-refractivity contribution in [3.63, 3.8) is 0 Å². The molecule has 0 aliphatic carbocycles. The average Bonchev–Trinajstić information content (AvgIpc) is 2.72. The first kappa shape index (κ1) is 16.7. The van der Waals surface area contributed by atoms with Gasteiger partial charge in [0.05, 0.1) is 23.8 Å². The van der Waals surface area contributed by atoms with Crippen molar-refractivity contribution in [2.24, 2.45) is 0 Å². The molecular formula is C21H21N3O2. The van der Waals surface area contributed by atoms with Crippen LogP contribution in [-0.2, 0) is 11.3 Å². The van der Waals surface area contributed by atoms with Crippen LogP contribution in [0.3, 0.4) is 0 Å². The van der Waals surface area contributed by atoms with Crippen molar-refractivity contribution in [1.29, 1.82) is 0 Å². The van der Waals surface area contributed by atoms with E-state index in [4.69, 9.17) is 4.74 Å². The maximum atomic E-state index is 12.9. The molecule has 3 heterocycles. The summed E-state index contributed by atoms with van der Waals surface area (Å²) < 4.78 is 6.01. The quantitative estimate of drug-likeness (QED) is 0.725. The maximum Gasteiger partial charge on any atom is 0.255 e. The van der Waals surface area contributed by atoms with Gasteiger partial charge in [0.15, 0.2) is 0 Å². The van der Waals surface area contributed by atoms with Gasteiger partial charge in [-0.15, -0.1) is 0 Å². The molecule has 3 aromatic rings. The van der Waals surface area contributed by atoms with E-state index in [-0.39, 0.29) is 12.0 Å². The molecule has 0 saturated carbocycles. The zero-order valence-electron chi connectivity index (χ0n) is 14.5. The molecule has 5 heteroatoms. The van der Waals surface area contributed by atoms with E-state index < -0.39 is 0 Å². The lowest BCUT2D eigenvalue weighted by atomic mass is 10.1. The first-order chi connectivity index (χ1) is 12.8. The fourth-order valence-corrected chi connectivity index (χ4v) is 3.33. The number of benzene rings is 1. The van der Waals surface area contributed by atoms with Gasteiger partial charge >= 0.3 is 0 Å². The number of aromatic nitrogens is 2. The van der Waals surface area contributed by atoms with Gasteiger partial charge in [0.2, 0.25) is 0 Å². The summed E-state index contributed by atoms with van der Waals surface area (Å²) in [6, 6.07) is 13.7. The minimum atomic E-state index is 0.0259. The van der Waals surface area contributed by atoms with E-state index in [2.05, 4.69) is 9.97 Å². The highest BCUT2D eigenvalue weighted by molar-refractivity contribution is 5.97. The average molecular weight is 347 g/mol. The van der Waals surface area contributed by atoms with Gasteiger partial charge in [0, 0.05) is 37.1 Å². The Balaban J connectivity index is 1.42. The Kier molecular flexibility index (Phi) is 4.88. The highest BCUT2D eigenvalue weighted by Gasteiger charge is 2.25. The highest BCUT2D eigenvalue weighted by atomic mass is 16.5. The summed E-state index contributed by atoms with van der Waals surface area (Å²) in [5.41, 5.74) is 2.59. The first-order valence-electron chi connectivity index (χ1n) is 8.94.